The minimum absolute atomic E-state index is 0.168. The molecule has 3 N–H and O–H groups in total. The number of fused-ring (bicyclic) bond motifs is 1. The fourth-order valence-corrected chi connectivity index (χ4v) is 3.37. The third-order valence-electron chi connectivity index (χ3n) is 4.89. The summed E-state index contributed by atoms with van der Waals surface area (Å²) >= 11 is 0. The van der Waals surface area contributed by atoms with Crippen molar-refractivity contribution in [1.82, 2.24) is 15.3 Å². The van der Waals surface area contributed by atoms with Gasteiger partial charge in [-0.15, -0.1) is 0 Å². The molecule has 0 radical (unpaired) electrons. The summed E-state index contributed by atoms with van der Waals surface area (Å²) in [6, 6.07) is 9.78. The number of nitrogens with one attached hydrogen (secondary N) is 3. The molecule has 0 saturated carbocycles. The van der Waals surface area contributed by atoms with E-state index in [0.29, 0.717) is 29.6 Å². The third kappa shape index (κ3) is 5.11. The van der Waals surface area contributed by atoms with Crippen molar-refractivity contribution in [2.24, 2.45) is 5.92 Å². The normalized spacial score (nSPS) is 11.8. The van der Waals surface area contributed by atoms with Crippen LogP contribution in [0.2, 0.25) is 0 Å². The highest BCUT2D eigenvalue weighted by Gasteiger charge is 2.25. The molecule has 0 fully saturated rings. The number of anilines is 1. The molecule has 2 aromatic carbocycles. The van der Waals surface area contributed by atoms with Crippen LogP contribution in [0.25, 0.3) is 11.0 Å². The molecule has 0 saturated heterocycles. The molecule has 0 unspecified atom stereocenters. The summed E-state index contributed by atoms with van der Waals surface area (Å²) in [5.41, 5.74) is 1.83. The van der Waals surface area contributed by atoms with Crippen molar-refractivity contribution < 1.29 is 23.8 Å². The van der Waals surface area contributed by atoms with E-state index in [0.717, 1.165) is 11.0 Å². The van der Waals surface area contributed by atoms with E-state index < -0.39 is 11.9 Å². The van der Waals surface area contributed by atoms with Crippen LogP contribution >= 0.6 is 0 Å². The molecule has 1 heterocycles. The fraction of sp³-hybridized carbons (Fsp3) is 0.348. The molecular formula is C23H28N4O5. The Hall–Kier alpha value is -3.75. The average Bonchev–Trinajstić information content (AvgIpc) is 3.19. The Kier molecular flexibility index (Phi) is 7.19. The predicted molar refractivity (Wildman–Crippen MR) is 122 cm³/mol. The van der Waals surface area contributed by atoms with Gasteiger partial charge in [-0.1, -0.05) is 26.0 Å². The van der Waals surface area contributed by atoms with E-state index in [-0.39, 0.29) is 17.4 Å². The topological polar surface area (TPSA) is 115 Å². The largest absolute Gasteiger partial charge is 0.493 e. The number of carbonyl (C=O) groups is 2. The minimum Gasteiger partial charge on any atom is -0.493 e. The van der Waals surface area contributed by atoms with Crippen LogP contribution in [0.1, 0.15) is 30.6 Å². The third-order valence-corrected chi connectivity index (χ3v) is 4.89. The van der Waals surface area contributed by atoms with Crippen molar-refractivity contribution in [3.63, 3.8) is 0 Å². The Bertz CT molecular complexity index is 1050. The Morgan fingerprint density at radius 1 is 1.03 bits per heavy atom. The molecule has 170 valence electrons. The summed E-state index contributed by atoms with van der Waals surface area (Å²) in [5, 5.41) is 5.58. The number of benzene rings is 2. The maximum Gasteiger partial charge on any atom is 0.252 e. The zero-order valence-electron chi connectivity index (χ0n) is 18.8. The first-order valence-corrected chi connectivity index (χ1v) is 10.2. The second-order valence-corrected chi connectivity index (χ2v) is 7.66. The molecule has 0 aliphatic rings. The predicted octanol–water partition coefficient (Wildman–Crippen LogP) is 3.37. The molecule has 3 aromatic rings. The van der Waals surface area contributed by atoms with Crippen molar-refractivity contribution in [3.8, 4) is 17.2 Å². The second-order valence-electron chi connectivity index (χ2n) is 7.66. The molecule has 0 spiro atoms. The van der Waals surface area contributed by atoms with Gasteiger partial charge in [0.05, 0.1) is 32.4 Å². The number of hydrogen-bond donors (Lipinski definition) is 3. The van der Waals surface area contributed by atoms with E-state index in [1.54, 1.807) is 12.1 Å². The Morgan fingerprint density at radius 3 is 2.25 bits per heavy atom. The molecule has 0 aliphatic carbocycles. The maximum absolute atomic E-state index is 13.0. The van der Waals surface area contributed by atoms with E-state index in [1.165, 1.54) is 21.3 Å². The first-order chi connectivity index (χ1) is 15.4. The molecule has 9 heteroatoms. The summed E-state index contributed by atoms with van der Waals surface area (Å²) in [6.07, 6.45) is 0.447. The van der Waals surface area contributed by atoms with Crippen LogP contribution in [0.5, 0.6) is 17.2 Å². The second kappa shape index (κ2) is 10.0. The number of aromatic nitrogens is 2. The van der Waals surface area contributed by atoms with Crippen molar-refractivity contribution in [2.45, 2.75) is 26.3 Å². The highest BCUT2D eigenvalue weighted by atomic mass is 16.5. The van der Waals surface area contributed by atoms with Gasteiger partial charge in [0.1, 0.15) is 6.04 Å². The zero-order valence-corrected chi connectivity index (χ0v) is 18.8. The Balaban J connectivity index is 1.81. The van der Waals surface area contributed by atoms with E-state index in [2.05, 4.69) is 20.6 Å². The number of para-hydroxylation sites is 2. The molecule has 9 nitrogen and oxygen atoms in total. The van der Waals surface area contributed by atoms with Gasteiger partial charge in [0, 0.05) is 5.56 Å². The highest BCUT2D eigenvalue weighted by molar-refractivity contribution is 6.01. The highest BCUT2D eigenvalue weighted by Crippen LogP contribution is 2.38. The number of methoxy groups -OCH3 is 3. The van der Waals surface area contributed by atoms with Gasteiger partial charge in [0.2, 0.25) is 17.6 Å². The van der Waals surface area contributed by atoms with Crippen LogP contribution in [0.4, 0.5) is 5.95 Å². The lowest BCUT2D eigenvalue weighted by atomic mass is 10.0. The van der Waals surface area contributed by atoms with Crippen molar-refractivity contribution in [1.29, 1.82) is 0 Å². The van der Waals surface area contributed by atoms with Crippen LogP contribution in [0, 0.1) is 5.92 Å². The summed E-state index contributed by atoms with van der Waals surface area (Å²) in [7, 11) is 4.43. The number of nitrogens with zero attached hydrogens (tertiary/aromatic N) is 1. The van der Waals surface area contributed by atoms with Crippen LogP contribution in [0.15, 0.2) is 36.4 Å². The number of ether oxygens (including phenoxy) is 3. The summed E-state index contributed by atoms with van der Waals surface area (Å²) in [5.74, 6) is 0.781. The van der Waals surface area contributed by atoms with Gasteiger partial charge >= 0.3 is 0 Å². The van der Waals surface area contributed by atoms with E-state index in [1.807, 2.05) is 38.1 Å². The average molecular weight is 441 g/mol. The van der Waals surface area contributed by atoms with Gasteiger partial charge in [0.25, 0.3) is 5.91 Å². The summed E-state index contributed by atoms with van der Waals surface area (Å²) in [6.45, 7) is 3.96. The van der Waals surface area contributed by atoms with E-state index in [9.17, 15) is 9.59 Å². The van der Waals surface area contributed by atoms with E-state index in [4.69, 9.17) is 14.2 Å². The van der Waals surface area contributed by atoms with Crippen LogP contribution in [0.3, 0.4) is 0 Å². The molecule has 32 heavy (non-hydrogen) atoms. The van der Waals surface area contributed by atoms with Gasteiger partial charge in [-0.05, 0) is 36.6 Å². The molecule has 2 amide bonds. The van der Waals surface area contributed by atoms with Gasteiger partial charge in [-0.2, -0.15) is 0 Å². The number of imidazole rings is 1. The van der Waals surface area contributed by atoms with Gasteiger partial charge in [-0.25, -0.2) is 4.98 Å². The number of carbonyl (C=O) groups excluding carboxylic acids is 2. The Morgan fingerprint density at radius 2 is 1.69 bits per heavy atom. The lowest BCUT2D eigenvalue weighted by Crippen LogP contribution is -2.44. The van der Waals surface area contributed by atoms with Crippen molar-refractivity contribution in [3.05, 3.63) is 42.0 Å². The first kappa shape index (κ1) is 22.9. The minimum atomic E-state index is -0.769. The monoisotopic (exact) mass is 440 g/mol. The lowest BCUT2D eigenvalue weighted by Gasteiger charge is -2.20. The fourth-order valence-electron chi connectivity index (χ4n) is 3.37. The summed E-state index contributed by atoms with van der Waals surface area (Å²) in [4.78, 5) is 33.4. The molecule has 3 rings (SSSR count). The molecule has 1 aromatic heterocycles. The van der Waals surface area contributed by atoms with E-state index >= 15 is 0 Å². The maximum atomic E-state index is 13.0. The van der Waals surface area contributed by atoms with Gasteiger partial charge < -0.3 is 24.5 Å². The molecule has 0 aliphatic heterocycles. The SMILES string of the molecule is COc1cc(C(=O)N[C@@H](CC(C)C)C(=O)Nc2nc3ccccc3[nH]2)cc(OC)c1OC. The lowest BCUT2D eigenvalue weighted by molar-refractivity contribution is -0.118. The summed E-state index contributed by atoms with van der Waals surface area (Å²) < 4.78 is 15.9. The zero-order chi connectivity index (χ0) is 23.3. The van der Waals surface area contributed by atoms with Crippen molar-refractivity contribution >= 4 is 28.8 Å². The van der Waals surface area contributed by atoms with Gasteiger partial charge in [0.15, 0.2) is 11.5 Å². The van der Waals surface area contributed by atoms with Gasteiger partial charge in [-0.3, -0.25) is 14.9 Å². The number of hydrogen-bond acceptors (Lipinski definition) is 6. The van der Waals surface area contributed by atoms with Crippen LogP contribution in [-0.4, -0.2) is 49.2 Å². The number of amides is 2. The standard InChI is InChI=1S/C23H28N4O5/c1-13(2)10-17(22(29)27-23-25-15-8-6-7-9-16(15)26-23)24-21(28)14-11-18(30-3)20(32-5)19(12-14)31-4/h6-9,11-13,17H,10H2,1-5H3,(H,24,28)(H2,25,26,27,29)/t17-/m0/s1. The first-order valence-electron chi connectivity index (χ1n) is 10.2. The number of aromatic amines is 1. The Labute approximate surface area is 186 Å². The molecule has 0 bridgehead atoms. The smallest absolute Gasteiger partial charge is 0.252 e. The van der Waals surface area contributed by atoms with Crippen molar-refractivity contribution in [2.75, 3.05) is 26.6 Å². The molecule has 1 atom stereocenters. The number of H-pyrrole nitrogens is 1. The molecular weight excluding hydrogens is 412 g/mol. The van der Waals surface area contributed by atoms with Crippen LogP contribution in [-0.2, 0) is 4.79 Å². The van der Waals surface area contributed by atoms with Crippen LogP contribution < -0.4 is 24.8 Å². The quantitative estimate of drug-likeness (QED) is 0.470. The number of rotatable bonds is 9.